The van der Waals surface area contributed by atoms with Crippen molar-refractivity contribution in [1.29, 1.82) is 0 Å². The summed E-state index contributed by atoms with van der Waals surface area (Å²) in [6.45, 7) is 3.99. The molecule has 0 aliphatic rings. The van der Waals surface area contributed by atoms with Gasteiger partial charge in [-0.25, -0.2) is 13.1 Å². The van der Waals surface area contributed by atoms with E-state index in [1.165, 1.54) is 24.7 Å². The van der Waals surface area contributed by atoms with Crippen LogP contribution in [0.2, 0.25) is 0 Å². The Morgan fingerprint density at radius 2 is 1.79 bits per heavy atom. The Hall–Kier alpha value is -2.18. The van der Waals surface area contributed by atoms with Crippen molar-refractivity contribution in [3.05, 3.63) is 65.2 Å². The van der Waals surface area contributed by atoms with Crippen molar-refractivity contribution in [2.45, 2.75) is 31.2 Å². The maximum Gasteiger partial charge on any atom is 0.251 e. The van der Waals surface area contributed by atoms with E-state index in [1.54, 1.807) is 12.1 Å². The van der Waals surface area contributed by atoms with Gasteiger partial charge in [0, 0.05) is 5.56 Å². The predicted octanol–water partition coefficient (Wildman–Crippen LogP) is 2.65. The van der Waals surface area contributed by atoms with Crippen LogP contribution in [0, 0.1) is 0 Å². The summed E-state index contributed by atoms with van der Waals surface area (Å²) in [7, 11) is -2.24. The van der Waals surface area contributed by atoms with E-state index in [4.69, 9.17) is 0 Å². The number of benzene rings is 2. The molecule has 0 aromatic heterocycles. The standard InChI is InChI=1S/C18H22N2O3S/c1-4-14-8-10-15(11-9-14)13(2)20-18(21)16-6-5-7-17(12-16)24(22,23)19-3/h5-13,19H,4H2,1-3H3,(H,20,21). The number of amides is 1. The summed E-state index contributed by atoms with van der Waals surface area (Å²) in [6.07, 6.45) is 0.966. The molecule has 1 amide bonds. The molecule has 24 heavy (non-hydrogen) atoms. The fraction of sp³-hybridized carbons (Fsp3) is 0.278. The molecule has 0 aliphatic carbocycles. The van der Waals surface area contributed by atoms with Gasteiger partial charge in [-0.1, -0.05) is 37.3 Å². The molecule has 0 saturated carbocycles. The van der Waals surface area contributed by atoms with Gasteiger partial charge in [-0.3, -0.25) is 4.79 Å². The average molecular weight is 346 g/mol. The second kappa shape index (κ2) is 7.59. The van der Waals surface area contributed by atoms with Crippen LogP contribution in [-0.4, -0.2) is 21.4 Å². The van der Waals surface area contributed by atoms with Crippen molar-refractivity contribution < 1.29 is 13.2 Å². The molecule has 1 atom stereocenters. The van der Waals surface area contributed by atoms with Crippen LogP contribution >= 0.6 is 0 Å². The predicted molar refractivity (Wildman–Crippen MR) is 94.4 cm³/mol. The van der Waals surface area contributed by atoms with Crippen LogP contribution in [0.5, 0.6) is 0 Å². The normalized spacial score (nSPS) is 12.6. The van der Waals surface area contributed by atoms with Gasteiger partial charge >= 0.3 is 0 Å². The SMILES string of the molecule is CCc1ccc(C(C)NC(=O)c2cccc(S(=O)(=O)NC)c2)cc1. The second-order valence-electron chi connectivity index (χ2n) is 5.53. The van der Waals surface area contributed by atoms with Gasteiger partial charge < -0.3 is 5.32 Å². The van der Waals surface area contributed by atoms with Crippen LogP contribution in [0.4, 0.5) is 0 Å². The summed E-state index contributed by atoms with van der Waals surface area (Å²) in [6, 6.07) is 13.9. The topological polar surface area (TPSA) is 75.3 Å². The first-order chi connectivity index (χ1) is 11.4. The zero-order valence-corrected chi connectivity index (χ0v) is 14.9. The van der Waals surface area contributed by atoms with Crippen LogP contribution in [0.25, 0.3) is 0 Å². The highest BCUT2D eigenvalue weighted by atomic mass is 32.2. The van der Waals surface area contributed by atoms with Crippen molar-refractivity contribution in [3.8, 4) is 0 Å². The van der Waals surface area contributed by atoms with Crippen LogP contribution < -0.4 is 10.0 Å². The fourth-order valence-corrected chi connectivity index (χ4v) is 3.10. The first kappa shape index (κ1) is 18.2. The first-order valence-electron chi connectivity index (χ1n) is 7.80. The Kier molecular flexibility index (Phi) is 5.75. The van der Waals surface area contributed by atoms with Crippen molar-refractivity contribution in [2.24, 2.45) is 0 Å². The maximum absolute atomic E-state index is 12.4. The smallest absolute Gasteiger partial charge is 0.251 e. The molecule has 0 bridgehead atoms. The molecule has 2 aromatic carbocycles. The Labute approximate surface area is 143 Å². The van der Waals surface area contributed by atoms with Gasteiger partial charge in [-0.15, -0.1) is 0 Å². The van der Waals surface area contributed by atoms with E-state index in [-0.39, 0.29) is 16.8 Å². The number of sulfonamides is 1. The van der Waals surface area contributed by atoms with E-state index in [0.717, 1.165) is 12.0 Å². The summed E-state index contributed by atoms with van der Waals surface area (Å²) >= 11 is 0. The third-order valence-electron chi connectivity index (χ3n) is 3.91. The number of hydrogen-bond donors (Lipinski definition) is 2. The molecule has 128 valence electrons. The minimum atomic E-state index is -3.57. The highest BCUT2D eigenvalue weighted by molar-refractivity contribution is 7.89. The second-order valence-corrected chi connectivity index (χ2v) is 7.41. The van der Waals surface area contributed by atoms with E-state index in [1.807, 2.05) is 31.2 Å². The Morgan fingerprint density at radius 1 is 1.12 bits per heavy atom. The van der Waals surface area contributed by atoms with Crippen molar-refractivity contribution in [1.82, 2.24) is 10.0 Å². The lowest BCUT2D eigenvalue weighted by atomic mass is 10.0. The molecule has 0 radical (unpaired) electrons. The van der Waals surface area contributed by atoms with Crippen LogP contribution in [0.15, 0.2) is 53.4 Å². The molecular formula is C18H22N2O3S. The first-order valence-corrected chi connectivity index (χ1v) is 9.29. The van der Waals surface area contributed by atoms with E-state index in [0.29, 0.717) is 5.56 Å². The third kappa shape index (κ3) is 4.21. The van der Waals surface area contributed by atoms with Crippen molar-refractivity contribution >= 4 is 15.9 Å². The van der Waals surface area contributed by atoms with Gasteiger partial charge in [0.2, 0.25) is 10.0 Å². The van der Waals surface area contributed by atoms with E-state index >= 15 is 0 Å². The van der Waals surface area contributed by atoms with E-state index < -0.39 is 10.0 Å². The number of hydrogen-bond acceptors (Lipinski definition) is 3. The minimum Gasteiger partial charge on any atom is -0.346 e. The third-order valence-corrected chi connectivity index (χ3v) is 5.32. The highest BCUT2D eigenvalue weighted by Gasteiger charge is 2.16. The summed E-state index contributed by atoms with van der Waals surface area (Å²) in [5.41, 5.74) is 2.55. The van der Waals surface area contributed by atoms with E-state index in [9.17, 15) is 13.2 Å². The largest absolute Gasteiger partial charge is 0.346 e. The van der Waals surface area contributed by atoms with Crippen LogP contribution in [0.1, 0.15) is 41.4 Å². The Balaban J connectivity index is 2.15. The fourth-order valence-electron chi connectivity index (χ4n) is 2.33. The monoisotopic (exact) mass is 346 g/mol. The number of aryl methyl sites for hydroxylation is 1. The minimum absolute atomic E-state index is 0.0672. The zero-order chi connectivity index (χ0) is 17.7. The lowest BCUT2D eigenvalue weighted by molar-refractivity contribution is 0.0939. The molecule has 2 rings (SSSR count). The molecule has 0 spiro atoms. The van der Waals surface area contributed by atoms with Crippen LogP contribution in [0.3, 0.4) is 0 Å². The molecule has 2 aromatic rings. The highest BCUT2D eigenvalue weighted by Crippen LogP contribution is 2.16. The van der Waals surface area contributed by atoms with Crippen molar-refractivity contribution in [3.63, 3.8) is 0 Å². The Morgan fingerprint density at radius 3 is 2.38 bits per heavy atom. The van der Waals surface area contributed by atoms with Gasteiger partial charge in [0.05, 0.1) is 10.9 Å². The quantitative estimate of drug-likeness (QED) is 0.844. The summed E-state index contributed by atoms with van der Waals surface area (Å²) in [5, 5.41) is 2.89. The molecule has 2 N–H and O–H groups in total. The van der Waals surface area contributed by atoms with Crippen LogP contribution in [-0.2, 0) is 16.4 Å². The number of carbonyl (C=O) groups excluding carboxylic acids is 1. The molecular weight excluding hydrogens is 324 g/mol. The molecule has 1 unspecified atom stereocenters. The van der Waals surface area contributed by atoms with Gasteiger partial charge in [0.25, 0.3) is 5.91 Å². The number of nitrogens with one attached hydrogen (secondary N) is 2. The lowest BCUT2D eigenvalue weighted by Gasteiger charge is -2.15. The van der Waals surface area contributed by atoms with Gasteiger partial charge in [0.15, 0.2) is 0 Å². The number of carbonyl (C=O) groups is 1. The molecule has 6 heteroatoms. The summed E-state index contributed by atoms with van der Waals surface area (Å²) in [5.74, 6) is -0.310. The molecule has 5 nitrogen and oxygen atoms in total. The summed E-state index contributed by atoms with van der Waals surface area (Å²) in [4.78, 5) is 12.5. The van der Waals surface area contributed by atoms with Crippen molar-refractivity contribution in [2.75, 3.05) is 7.05 Å². The molecule has 0 heterocycles. The van der Waals surface area contributed by atoms with E-state index in [2.05, 4.69) is 17.0 Å². The summed E-state index contributed by atoms with van der Waals surface area (Å²) < 4.78 is 25.9. The maximum atomic E-state index is 12.4. The molecule has 0 fully saturated rings. The van der Waals surface area contributed by atoms with Gasteiger partial charge in [-0.2, -0.15) is 0 Å². The average Bonchev–Trinajstić information content (AvgIpc) is 2.61. The van der Waals surface area contributed by atoms with Gasteiger partial charge in [0.1, 0.15) is 0 Å². The zero-order valence-electron chi connectivity index (χ0n) is 14.0. The number of rotatable bonds is 6. The molecule has 0 aliphatic heterocycles. The molecule has 0 saturated heterocycles. The lowest BCUT2D eigenvalue weighted by Crippen LogP contribution is -2.27. The van der Waals surface area contributed by atoms with Gasteiger partial charge in [-0.05, 0) is 49.7 Å². The Bertz CT molecular complexity index is 814.